The van der Waals surface area contributed by atoms with Crippen LogP contribution in [-0.4, -0.2) is 4.57 Å². The van der Waals surface area contributed by atoms with Crippen LogP contribution in [0.1, 0.15) is 11.3 Å². The molecule has 2 heteroatoms. The van der Waals surface area contributed by atoms with Crippen molar-refractivity contribution in [3.63, 3.8) is 0 Å². The SMILES string of the molecule is Cc1cc(-c2ccccc2)c(Sc2ccccc2)n1Cc1ccccc1. The standard InChI is InChI=1S/C24H21NS/c1-19-17-23(21-13-7-3-8-14-21)24(26-22-15-9-4-10-16-22)25(19)18-20-11-5-2-6-12-20/h2-17H,18H2,1H3. The number of benzene rings is 3. The van der Waals surface area contributed by atoms with Gasteiger partial charge in [0.15, 0.2) is 0 Å². The van der Waals surface area contributed by atoms with Gasteiger partial charge in [-0.25, -0.2) is 0 Å². The molecule has 0 bridgehead atoms. The Hall–Kier alpha value is -2.71. The van der Waals surface area contributed by atoms with E-state index in [1.807, 2.05) is 11.8 Å². The normalized spacial score (nSPS) is 10.8. The summed E-state index contributed by atoms with van der Waals surface area (Å²) in [4.78, 5) is 1.26. The highest BCUT2D eigenvalue weighted by Gasteiger charge is 2.16. The minimum Gasteiger partial charge on any atom is -0.335 e. The first kappa shape index (κ1) is 16.7. The average molecular weight is 356 g/mol. The van der Waals surface area contributed by atoms with Crippen molar-refractivity contribution in [2.45, 2.75) is 23.4 Å². The Kier molecular flexibility index (Phi) is 4.94. The van der Waals surface area contributed by atoms with Gasteiger partial charge in [0.05, 0.1) is 5.03 Å². The van der Waals surface area contributed by atoms with Crippen LogP contribution in [0.2, 0.25) is 0 Å². The van der Waals surface area contributed by atoms with E-state index >= 15 is 0 Å². The summed E-state index contributed by atoms with van der Waals surface area (Å²) >= 11 is 1.84. The topological polar surface area (TPSA) is 4.93 Å². The molecule has 0 aliphatic carbocycles. The van der Waals surface area contributed by atoms with E-state index in [4.69, 9.17) is 0 Å². The highest BCUT2D eigenvalue weighted by Crippen LogP contribution is 2.38. The first-order valence-electron chi connectivity index (χ1n) is 8.83. The van der Waals surface area contributed by atoms with Crippen LogP contribution in [0.15, 0.2) is 107 Å². The molecule has 0 radical (unpaired) electrons. The van der Waals surface area contributed by atoms with E-state index in [1.54, 1.807) is 0 Å². The van der Waals surface area contributed by atoms with E-state index < -0.39 is 0 Å². The van der Waals surface area contributed by atoms with Crippen LogP contribution in [-0.2, 0) is 6.54 Å². The number of hydrogen-bond donors (Lipinski definition) is 0. The van der Waals surface area contributed by atoms with E-state index in [-0.39, 0.29) is 0 Å². The lowest BCUT2D eigenvalue weighted by Crippen LogP contribution is -2.03. The number of aromatic nitrogens is 1. The van der Waals surface area contributed by atoms with Gasteiger partial charge in [-0.15, -0.1) is 0 Å². The molecule has 1 nitrogen and oxygen atoms in total. The monoisotopic (exact) mass is 355 g/mol. The molecule has 0 aliphatic rings. The van der Waals surface area contributed by atoms with Gasteiger partial charge in [-0.1, -0.05) is 90.6 Å². The minimum atomic E-state index is 0.884. The zero-order valence-corrected chi connectivity index (χ0v) is 15.6. The van der Waals surface area contributed by atoms with Gasteiger partial charge in [0.1, 0.15) is 0 Å². The summed E-state index contributed by atoms with van der Waals surface area (Å²) in [6, 6.07) is 34.3. The van der Waals surface area contributed by atoms with E-state index in [0.717, 1.165) is 6.54 Å². The van der Waals surface area contributed by atoms with Crippen LogP contribution in [0.4, 0.5) is 0 Å². The lowest BCUT2D eigenvalue weighted by atomic mass is 10.1. The molecular formula is C24H21NS. The quantitative estimate of drug-likeness (QED) is 0.387. The molecule has 0 unspecified atom stereocenters. The van der Waals surface area contributed by atoms with E-state index in [9.17, 15) is 0 Å². The van der Waals surface area contributed by atoms with Crippen molar-refractivity contribution in [3.05, 3.63) is 108 Å². The Morgan fingerprint density at radius 2 is 1.31 bits per heavy atom. The Balaban J connectivity index is 1.81. The third-order valence-electron chi connectivity index (χ3n) is 4.48. The van der Waals surface area contributed by atoms with Gasteiger partial charge < -0.3 is 4.57 Å². The molecule has 0 atom stereocenters. The molecular weight excluding hydrogens is 334 g/mol. The van der Waals surface area contributed by atoms with Crippen molar-refractivity contribution in [2.75, 3.05) is 0 Å². The zero-order valence-electron chi connectivity index (χ0n) is 14.8. The fraction of sp³-hybridized carbons (Fsp3) is 0.0833. The lowest BCUT2D eigenvalue weighted by molar-refractivity contribution is 0.711. The maximum Gasteiger partial charge on any atom is 0.0881 e. The fourth-order valence-electron chi connectivity index (χ4n) is 3.15. The number of rotatable bonds is 5. The molecule has 1 heterocycles. The first-order chi connectivity index (χ1) is 12.8. The smallest absolute Gasteiger partial charge is 0.0881 e. The summed E-state index contributed by atoms with van der Waals surface area (Å²) in [6.07, 6.45) is 0. The Morgan fingerprint density at radius 1 is 0.731 bits per heavy atom. The maximum atomic E-state index is 2.43. The van der Waals surface area contributed by atoms with Crippen molar-refractivity contribution in [1.82, 2.24) is 4.57 Å². The van der Waals surface area contributed by atoms with Gasteiger partial charge >= 0.3 is 0 Å². The molecule has 3 aromatic carbocycles. The van der Waals surface area contributed by atoms with Crippen molar-refractivity contribution < 1.29 is 0 Å². The number of nitrogens with zero attached hydrogens (tertiary/aromatic N) is 1. The molecule has 128 valence electrons. The Labute approximate surface area is 159 Å². The molecule has 0 N–H and O–H groups in total. The van der Waals surface area contributed by atoms with Crippen LogP contribution in [0.25, 0.3) is 11.1 Å². The van der Waals surface area contributed by atoms with Crippen molar-refractivity contribution in [2.24, 2.45) is 0 Å². The second kappa shape index (κ2) is 7.67. The molecule has 0 aliphatic heterocycles. The van der Waals surface area contributed by atoms with Crippen molar-refractivity contribution in [3.8, 4) is 11.1 Å². The van der Waals surface area contributed by atoms with E-state index in [1.165, 1.54) is 32.3 Å². The number of hydrogen-bond acceptors (Lipinski definition) is 1. The van der Waals surface area contributed by atoms with Crippen LogP contribution in [0.3, 0.4) is 0 Å². The first-order valence-corrected chi connectivity index (χ1v) is 9.65. The molecule has 1 aromatic heterocycles. The molecule has 26 heavy (non-hydrogen) atoms. The van der Waals surface area contributed by atoms with Crippen LogP contribution in [0.5, 0.6) is 0 Å². The molecule has 0 amide bonds. The molecule has 4 aromatic rings. The highest BCUT2D eigenvalue weighted by molar-refractivity contribution is 7.99. The van der Waals surface area contributed by atoms with Crippen molar-refractivity contribution >= 4 is 11.8 Å². The second-order valence-electron chi connectivity index (χ2n) is 6.36. The summed E-state index contributed by atoms with van der Waals surface area (Å²) in [5.74, 6) is 0. The van der Waals surface area contributed by atoms with Gasteiger partial charge in [-0.3, -0.25) is 0 Å². The van der Waals surface area contributed by atoms with Gasteiger partial charge in [0.25, 0.3) is 0 Å². The summed E-state index contributed by atoms with van der Waals surface area (Å²) in [5, 5.41) is 1.30. The molecule has 4 rings (SSSR count). The maximum absolute atomic E-state index is 2.43. The average Bonchev–Trinajstić information content (AvgIpc) is 3.00. The summed E-state index contributed by atoms with van der Waals surface area (Å²) in [6.45, 7) is 3.08. The van der Waals surface area contributed by atoms with Gasteiger partial charge in [0, 0.05) is 22.7 Å². The lowest BCUT2D eigenvalue weighted by Gasteiger charge is -2.13. The highest BCUT2D eigenvalue weighted by atomic mass is 32.2. The largest absolute Gasteiger partial charge is 0.335 e. The molecule has 0 saturated heterocycles. The molecule has 0 fully saturated rings. The third kappa shape index (κ3) is 3.61. The van der Waals surface area contributed by atoms with Crippen LogP contribution in [0, 0.1) is 6.92 Å². The predicted octanol–water partition coefficient (Wildman–Crippen LogP) is 6.66. The number of aryl methyl sites for hydroxylation is 1. The Bertz CT molecular complexity index is 973. The van der Waals surface area contributed by atoms with Crippen LogP contribution < -0.4 is 0 Å². The van der Waals surface area contributed by atoms with E-state index in [2.05, 4.69) is 109 Å². The minimum absolute atomic E-state index is 0.884. The van der Waals surface area contributed by atoms with Crippen LogP contribution >= 0.6 is 11.8 Å². The third-order valence-corrected chi connectivity index (χ3v) is 5.62. The zero-order chi connectivity index (χ0) is 17.8. The predicted molar refractivity (Wildman–Crippen MR) is 111 cm³/mol. The molecule has 0 spiro atoms. The second-order valence-corrected chi connectivity index (χ2v) is 7.42. The van der Waals surface area contributed by atoms with Gasteiger partial charge in [-0.05, 0) is 36.2 Å². The Morgan fingerprint density at radius 3 is 1.96 bits per heavy atom. The summed E-state index contributed by atoms with van der Waals surface area (Å²) in [5.41, 5.74) is 5.17. The molecule has 0 saturated carbocycles. The van der Waals surface area contributed by atoms with E-state index in [0.29, 0.717) is 0 Å². The summed E-state index contributed by atoms with van der Waals surface area (Å²) < 4.78 is 2.43. The van der Waals surface area contributed by atoms with Gasteiger partial charge in [-0.2, -0.15) is 0 Å². The summed E-state index contributed by atoms with van der Waals surface area (Å²) in [7, 11) is 0. The van der Waals surface area contributed by atoms with Crippen molar-refractivity contribution in [1.29, 1.82) is 0 Å². The fourth-order valence-corrected chi connectivity index (χ4v) is 4.27. The van der Waals surface area contributed by atoms with Gasteiger partial charge in [0.2, 0.25) is 0 Å².